The van der Waals surface area contributed by atoms with Crippen LogP contribution in [0.2, 0.25) is 0 Å². The molecule has 3 rings (SSSR count). The van der Waals surface area contributed by atoms with Gasteiger partial charge in [0.05, 0.1) is 18.3 Å². The molecule has 2 fully saturated rings. The Bertz CT molecular complexity index is 584. The van der Waals surface area contributed by atoms with Crippen molar-refractivity contribution >= 4 is 17.2 Å². The van der Waals surface area contributed by atoms with Crippen LogP contribution < -0.4 is 0 Å². The molecule has 0 aromatic carbocycles. The highest BCUT2D eigenvalue weighted by Crippen LogP contribution is 2.35. The van der Waals surface area contributed by atoms with Gasteiger partial charge in [-0.25, -0.2) is 4.98 Å². The van der Waals surface area contributed by atoms with Crippen LogP contribution in [0.5, 0.6) is 0 Å². The fraction of sp³-hybridized carbons (Fsp3) is 0.750. The molecule has 0 radical (unpaired) electrons. The number of thiazole rings is 1. The molecule has 2 N–H and O–H groups in total. The first-order valence-electron chi connectivity index (χ1n) is 8.30. The summed E-state index contributed by atoms with van der Waals surface area (Å²) in [4.78, 5) is 20.8. The van der Waals surface area contributed by atoms with Crippen LogP contribution in [0, 0.1) is 0 Å². The van der Waals surface area contributed by atoms with E-state index in [-0.39, 0.29) is 5.91 Å². The lowest BCUT2D eigenvalue weighted by molar-refractivity contribution is -0.212. The lowest BCUT2D eigenvalue weighted by atomic mass is 9.80. The predicted octanol–water partition coefficient (Wildman–Crippen LogP) is 0.322. The van der Waals surface area contributed by atoms with Gasteiger partial charge in [0.2, 0.25) is 0 Å². The Morgan fingerprint density at radius 2 is 2.17 bits per heavy atom. The molecule has 2 atom stereocenters. The maximum absolute atomic E-state index is 12.6. The third-order valence-electron chi connectivity index (χ3n) is 4.83. The van der Waals surface area contributed by atoms with Gasteiger partial charge in [-0.15, -0.1) is 11.3 Å². The van der Waals surface area contributed by atoms with Gasteiger partial charge in [0, 0.05) is 25.0 Å². The first kappa shape index (κ1) is 17.8. The van der Waals surface area contributed by atoms with Crippen LogP contribution in [-0.4, -0.2) is 82.5 Å². The van der Waals surface area contributed by atoms with Gasteiger partial charge in [0.15, 0.2) is 0 Å². The molecular weight excluding hydrogens is 330 g/mol. The van der Waals surface area contributed by atoms with E-state index in [1.807, 2.05) is 19.0 Å². The summed E-state index contributed by atoms with van der Waals surface area (Å²) in [7, 11) is 3.94. The minimum absolute atomic E-state index is 0.0723. The topological polar surface area (TPSA) is 86.1 Å². The Hall–Kier alpha value is -1.06. The summed E-state index contributed by atoms with van der Waals surface area (Å²) in [6, 6.07) is 0. The Labute approximate surface area is 145 Å². The summed E-state index contributed by atoms with van der Waals surface area (Å²) in [6.45, 7) is 2.18. The van der Waals surface area contributed by atoms with Gasteiger partial charge in [0.25, 0.3) is 5.91 Å². The molecule has 1 aromatic rings. The zero-order valence-electron chi connectivity index (χ0n) is 14.1. The number of aliphatic hydroxyl groups is 2. The van der Waals surface area contributed by atoms with Crippen molar-refractivity contribution in [2.75, 3.05) is 33.8 Å². The predicted molar refractivity (Wildman–Crippen MR) is 90.0 cm³/mol. The zero-order valence-corrected chi connectivity index (χ0v) is 15.0. The monoisotopic (exact) mass is 355 g/mol. The SMILES string of the molecule is CN(C)Cc1nc(C(=O)N2CCC3(CC2)OCC[C@H](O)[C@@H]3O)cs1. The summed E-state index contributed by atoms with van der Waals surface area (Å²) in [5, 5.41) is 22.9. The van der Waals surface area contributed by atoms with E-state index in [1.165, 1.54) is 11.3 Å². The largest absolute Gasteiger partial charge is 0.390 e. The maximum Gasteiger partial charge on any atom is 0.273 e. The van der Waals surface area contributed by atoms with Gasteiger partial charge >= 0.3 is 0 Å². The molecule has 1 aromatic heterocycles. The number of aromatic nitrogens is 1. The number of amides is 1. The van der Waals surface area contributed by atoms with Gasteiger partial charge in [-0.2, -0.15) is 0 Å². The number of piperidine rings is 1. The fourth-order valence-electron chi connectivity index (χ4n) is 3.42. The van der Waals surface area contributed by atoms with E-state index >= 15 is 0 Å². The van der Waals surface area contributed by atoms with Gasteiger partial charge in [-0.05, 0) is 33.4 Å². The third-order valence-corrected chi connectivity index (χ3v) is 5.66. The average Bonchev–Trinajstić information content (AvgIpc) is 3.00. The van der Waals surface area contributed by atoms with E-state index in [0.717, 1.165) is 11.6 Å². The fourth-order valence-corrected chi connectivity index (χ4v) is 4.30. The quantitative estimate of drug-likeness (QED) is 0.812. The molecule has 0 unspecified atom stereocenters. The van der Waals surface area contributed by atoms with Crippen molar-refractivity contribution in [2.24, 2.45) is 0 Å². The number of hydrogen-bond donors (Lipinski definition) is 2. The van der Waals surface area contributed by atoms with E-state index in [4.69, 9.17) is 4.74 Å². The number of nitrogens with zero attached hydrogens (tertiary/aromatic N) is 3. The molecule has 2 aliphatic heterocycles. The lowest BCUT2D eigenvalue weighted by Gasteiger charge is -2.48. The molecule has 0 saturated carbocycles. The molecule has 7 nitrogen and oxygen atoms in total. The molecule has 0 bridgehead atoms. The van der Waals surface area contributed by atoms with E-state index in [2.05, 4.69) is 4.98 Å². The molecule has 0 aliphatic carbocycles. The zero-order chi connectivity index (χ0) is 17.3. The van der Waals surface area contributed by atoms with Crippen LogP contribution in [0.25, 0.3) is 0 Å². The van der Waals surface area contributed by atoms with Gasteiger partial charge < -0.3 is 24.7 Å². The molecule has 1 spiro atoms. The smallest absolute Gasteiger partial charge is 0.273 e. The van der Waals surface area contributed by atoms with E-state index in [0.29, 0.717) is 44.7 Å². The van der Waals surface area contributed by atoms with Crippen molar-refractivity contribution in [1.82, 2.24) is 14.8 Å². The molecule has 8 heteroatoms. The molecular formula is C16H25N3O4S. The van der Waals surface area contributed by atoms with E-state index in [9.17, 15) is 15.0 Å². The Balaban J connectivity index is 1.62. The van der Waals surface area contributed by atoms with Gasteiger partial charge in [-0.1, -0.05) is 0 Å². The Morgan fingerprint density at radius 3 is 2.83 bits per heavy atom. The highest BCUT2D eigenvalue weighted by Gasteiger charge is 2.48. The van der Waals surface area contributed by atoms with E-state index in [1.54, 1.807) is 10.3 Å². The number of likely N-dealkylation sites (tertiary alicyclic amines) is 1. The highest BCUT2D eigenvalue weighted by molar-refractivity contribution is 7.09. The number of hydrogen-bond acceptors (Lipinski definition) is 7. The normalized spacial score (nSPS) is 27.0. The molecule has 1 amide bonds. The first-order chi connectivity index (χ1) is 11.4. The van der Waals surface area contributed by atoms with Crippen molar-refractivity contribution in [1.29, 1.82) is 0 Å². The van der Waals surface area contributed by atoms with E-state index < -0.39 is 17.8 Å². The Morgan fingerprint density at radius 1 is 1.46 bits per heavy atom. The summed E-state index contributed by atoms with van der Waals surface area (Å²) >= 11 is 1.49. The molecule has 2 aliphatic rings. The number of carbonyl (C=O) groups excluding carboxylic acids is 1. The molecule has 134 valence electrons. The molecule has 24 heavy (non-hydrogen) atoms. The average molecular weight is 355 g/mol. The van der Waals surface area contributed by atoms with Crippen LogP contribution in [0.1, 0.15) is 34.8 Å². The summed E-state index contributed by atoms with van der Waals surface area (Å²) < 4.78 is 5.80. The van der Waals surface area contributed by atoms with Crippen molar-refractivity contribution in [3.8, 4) is 0 Å². The third kappa shape index (κ3) is 3.48. The minimum atomic E-state index is -0.880. The number of aliphatic hydroxyl groups excluding tert-OH is 2. The van der Waals surface area contributed by atoms with Crippen molar-refractivity contribution < 1.29 is 19.7 Å². The van der Waals surface area contributed by atoms with Crippen LogP contribution in [0.3, 0.4) is 0 Å². The Kier molecular flexibility index (Phi) is 5.22. The number of carbonyl (C=O) groups is 1. The van der Waals surface area contributed by atoms with Crippen molar-refractivity contribution in [2.45, 2.75) is 43.6 Å². The second-order valence-electron chi connectivity index (χ2n) is 6.87. The van der Waals surface area contributed by atoms with Crippen LogP contribution in [0.4, 0.5) is 0 Å². The van der Waals surface area contributed by atoms with Gasteiger partial charge in [0.1, 0.15) is 16.8 Å². The maximum atomic E-state index is 12.6. The standard InChI is InChI=1S/C16H25N3O4S/c1-18(2)9-13-17-11(10-24-13)15(22)19-6-4-16(5-7-19)14(21)12(20)3-8-23-16/h10,12,14,20-21H,3-9H2,1-2H3/t12-,14-/m0/s1. The molecule has 3 heterocycles. The van der Waals surface area contributed by atoms with Crippen molar-refractivity contribution in [3.05, 3.63) is 16.1 Å². The number of rotatable bonds is 3. The highest BCUT2D eigenvalue weighted by atomic mass is 32.1. The summed E-state index contributed by atoms with van der Waals surface area (Å²) in [5.41, 5.74) is -0.231. The number of ether oxygens (including phenoxy) is 1. The molecule has 2 saturated heterocycles. The summed E-state index contributed by atoms with van der Waals surface area (Å²) in [6.07, 6.45) is -0.0984. The summed E-state index contributed by atoms with van der Waals surface area (Å²) in [5.74, 6) is -0.0723. The van der Waals surface area contributed by atoms with Crippen LogP contribution in [-0.2, 0) is 11.3 Å². The first-order valence-corrected chi connectivity index (χ1v) is 9.18. The minimum Gasteiger partial charge on any atom is -0.390 e. The second kappa shape index (κ2) is 7.05. The van der Waals surface area contributed by atoms with Crippen molar-refractivity contribution in [3.63, 3.8) is 0 Å². The van der Waals surface area contributed by atoms with Crippen LogP contribution in [0.15, 0.2) is 5.38 Å². The van der Waals surface area contributed by atoms with Crippen LogP contribution >= 0.6 is 11.3 Å². The van der Waals surface area contributed by atoms with Gasteiger partial charge in [-0.3, -0.25) is 4.79 Å². The second-order valence-corrected chi connectivity index (χ2v) is 7.81. The lowest BCUT2D eigenvalue weighted by Crippen LogP contribution is -2.60.